The van der Waals surface area contributed by atoms with E-state index >= 15 is 4.39 Å². The van der Waals surface area contributed by atoms with Gasteiger partial charge in [-0.15, -0.1) is 0 Å². The number of carbonyl (C=O) groups is 1. The third-order valence-electron chi connectivity index (χ3n) is 5.45. The highest BCUT2D eigenvalue weighted by atomic mass is 35.5. The molecule has 2 unspecified atom stereocenters. The number of carbonyl (C=O) groups excluding carboxylic acids is 1. The van der Waals surface area contributed by atoms with Crippen LogP contribution in [0.15, 0.2) is 24.5 Å². The first-order valence-corrected chi connectivity index (χ1v) is 10.9. The maximum Gasteiger partial charge on any atom is 0.416 e. The fraction of sp³-hybridized carbons (Fsp3) is 0.500. The highest BCUT2D eigenvalue weighted by molar-refractivity contribution is 6.31. The van der Waals surface area contributed by atoms with Gasteiger partial charge >= 0.3 is 6.18 Å². The van der Waals surface area contributed by atoms with Crippen molar-refractivity contribution >= 4 is 29.1 Å². The van der Waals surface area contributed by atoms with Crippen LogP contribution in [0.4, 0.5) is 29.2 Å². The molecular weight excluding hydrogens is 462 g/mol. The van der Waals surface area contributed by atoms with Crippen LogP contribution in [0.25, 0.3) is 0 Å². The van der Waals surface area contributed by atoms with E-state index in [1.165, 1.54) is 12.4 Å². The fourth-order valence-electron chi connectivity index (χ4n) is 3.98. The van der Waals surface area contributed by atoms with Crippen LogP contribution in [0.3, 0.4) is 0 Å². The van der Waals surface area contributed by atoms with E-state index < -0.39 is 35.5 Å². The Morgan fingerprint density at radius 2 is 2.00 bits per heavy atom. The zero-order valence-electron chi connectivity index (χ0n) is 18.5. The largest absolute Gasteiger partial charge is 0.416 e. The Hall–Kier alpha value is -2.62. The Balaban J connectivity index is 1.91. The van der Waals surface area contributed by atoms with Gasteiger partial charge in [-0.25, -0.2) is 9.97 Å². The molecule has 0 bridgehead atoms. The van der Waals surface area contributed by atoms with E-state index in [9.17, 15) is 18.0 Å². The summed E-state index contributed by atoms with van der Waals surface area (Å²) in [5, 5.41) is 2.73. The molecule has 1 aromatic heterocycles. The van der Waals surface area contributed by atoms with Crippen molar-refractivity contribution < 1.29 is 22.4 Å². The quantitative estimate of drug-likeness (QED) is 0.538. The molecule has 2 atom stereocenters. The van der Waals surface area contributed by atoms with Crippen molar-refractivity contribution in [3.63, 3.8) is 0 Å². The highest BCUT2D eigenvalue weighted by Gasteiger charge is 2.35. The smallest absolute Gasteiger partial charge is 0.368 e. The Morgan fingerprint density at radius 3 is 2.58 bits per heavy atom. The van der Waals surface area contributed by atoms with E-state index in [1.807, 2.05) is 20.8 Å². The molecule has 0 aliphatic carbocycles. The number of nitrogens with two attached hydrogens (primary N) is 1. The predicted molar refractivity (Wildman–Crippen MR) is 118 cm³/mol. The van der Waals surface area contributed by atoms with Gasteiger partial charge in [-0.3, -0.25) is 4.79 Å². The first-order valence-electron chi connectivity index (χ1n) is 10.5. The van der Waals surface area contributed by atoms with Crippen LogP contribution in [0, 0.1) is 11.2 Å². The molecule has 2 aromatic rings. The average molecular weight is 488 g/mol. The van der Waals surface area contributed by atoms with Crippen LogP contribution in [-0.4, -0.2) is 28.5 Å². The molecule has 1 aliphatic heterocycles. The number of hydrogen-bond donors (Lipinski definition) is 2. The normalized spacial score (nSPS) is 17.8. The van der Waals surface area contributed by atoms with Gasteiger partial charge < -0.3 is 16.0 Å². The van der Waals surface area contributed by atoms with Crippen molar-refractivity contribution in [1.82, 2.24) is 9.97 Å². The number of amides is 1. The molecule has 3 N–H and O–H groups in total. The lowest BCUT2D eigenvalue weighted by molar-refractivity contribution is -0.137. The van der Waals surface area contributed by atoms with Gasteiger partial charge in [-0.1, -0.05) is 38.4 Å². The lowest BCUT2D eigenvalue weighted by Crippen LogP contribution is -2.39. The molecule has 1 amide bonds. The minimum atomic E-state index is -4.51. The molecule has 0 saturated carbocycles. The number of hydrogen-bond acceptors (Lipinski definition) is 5. The summed E-state index contributed by atoms with van der Waals surface area (Å²) in [6.07, 6.45) is -1.76. The maximum atomic E-state index is 15.4. The molecule has 3 rings (SSSR count). The molecule has 1 fully saturated rings. The Labute approximate surface area is 194 Å². The second kappa shape index (κ2) is 9.32. The van der Waals surface area contributed by atoms with Gasteiger partial charge in [-0.2, -0.15) is 17.6 Å². The maximum absolute atomic E-state index is 15.4. The molecule has 0 spiro atoms. The van der Waals surface area contributed by atoms with Crippen molar-refractivity contribution in [3.8, 4) is 0 Å². The van der Waals surface area contributed by atoms with Gasteiger partial charge in [0.05, 0.1) is 11.6 Å². The fourth-order valence-corrected chi connectivity index (χ4v) is 4.29. The summed E-state index contributed by atoms with van der Waals surface area (Å²) in [7, 11) is 0. The molecule has 1 aromatic carbocycles. The number of nitrogens with one attached hydrogen (secondary N) is 1. The van der Waals surface area contributed by atoms with Crippen molar-refractivity contribution in [2.45, 2.75) is 58.3 Å². The second-order valence-electron chi connectivity index (χ2n) is 9.31. The number of halogens is 5. The topological polar surface area (TPSA) is 84.1 Å². The molecule has 2 heterocycles. The number of primary amides is 1. The number of anilines is 2. The van der Waals surface area contributed by atoms with Gasteiger partial charge in [0.25, 0.3) is 0 Å². The van der Waals surface area contributed by atoms with Gasteiger partial charge in [0.1, 0.15) is 12.4 Å². The van der Waals surface area contributed by atoms with Gasteiger partial charge in [0.15, 0.2) is 11.6 Å². The van der Waals surface area contributed by atoms with Crippen molar-refractivity contribution in [1.29, 1.82) is 0 Å². The minimum Gasteiger partial charge on any atom is -0.368 e. The molecular formula is C22H26ClF4N5O. The number of benzene rings is 1. The van der Waals surface area contributed by atoms with Crippen LogP contribution < -0.4 is 16.0 Å². The van der Waals surface area contributed by atoms with E-state index in [0.717, 1.165) is 12.1 Å². The minimum absolute atomic E-state index is 0.0232. The number of aromatic nitrogens is 2. The van der Waals surface area contributed by atoms with E-state index in [-0.39, 0.29) is 22.1 Å². The van der Waals surface area contributed by atoms with Gasteiger partial charge in [-0.05, 0) is 42.4 Å². The first-order chi connectivity index (χ1) is 15.3. The second-order valence-corrected chi connectivity index (χ2v) is 9.72. The van der Waals surface area contributed by atoms with Crippen LogP contribution in [0.1, 0.15) is 57.2 Å². The zero-order chi connectivity index (χ0) is 24.6. The van der Waals surface area contributed by atoms with Crippen LogP contribution in [-0.2, 0) is 11.0 Å². The molecule has 180 valence electrons. The van der Waals surface area contributed by atoms with Crippen LogP contribution in [0.2, 0.25) is 5.02 Å². The summed E-state index contributed by atoms with van der Waals surface area (Å²) < 4.78 is 54.4. The lowest BCUT2D eigenvalue weighted by Gasteiger charge is -2.28. The summed E-state index contributed by atoms with van der Waals surface area (Å²) in [5.74, 6) is -1.60. The highest BCUT2D eigenvalue weighted by Crippen LogP contribution is 2.41. The third-order valence-corrected chi connectivity index (χ3v) is 5.78. The lowest BCUT2D eigenvalue weighted by atomic mass is 9.88. The average Bonchev–Trinajstić information content (AvgIpc) is 3.16. The molecule has 33 heavy (non-hydrogen) atoms. The van der Waals surface area contributed by atoms with Crippen LogP contribution >= 0.6 is 11.6 Å². The SMILES string of the molecule is CC(C)(C)CC(Nc1ncnc(N2CCCC2c2ccc(C(F)(F)F)cc2Cl)c1F)C(N)=O. The molecule has 11 heteroatoms. The number of nitrogens with zero attached hydrogens (tertiary/aromatic N) is 3. The van der Waals surface area contributed by atoms with Crippen molar-refractivity contribution in [2.24, 2.45) is 11.1 Å². The van der Waals surface area contributed by atoms with E-state index in [0.29, 0.717) is 31.4 Å². The molecule has 1 saturated heterocycles. The monoisotopic (exact) mass is 487 g/mol. The summed E-state index contributed by atoms with van der Waals surface area (Å²) in [6, 6.07) is 1.85. The third kappa shape index (κ3) is 5.85. The van der Waals surface area contributed by atoms with Gasteiger partial charge in [0, 0.05) is 11.6 Å². The standard InChI is InChI=1S/C22H26ClF4N5O/c1-21(2,3)10-15(18(28)33)31-19-17(24)20(30-11-29-19)32-8-4-5-16(32)13-7-6-12(9-14(13)23)22(25,26)27/h6-7,9,11,15-16H,4-5,8,10H2,1-3H3,(H2,28,33)(H,29,30,31). The van der Waals surface area contributed by atoms with Crippen molar-refractivity contribution in [2.75, 3.05) is 16.8 Å². The predicted octanol–water partition coefficient (Wildman–Crippen LogP) is 5.33. The van der Waals surface area contributed by atoms with Crippen molar-refractivity contribution in [3.05, 3.63) is 46.5 Å². The molecule has 0 radical (unpaired) electrons. The summed E-state index contributed by atoms with van der Waals surface area (Å²) in [6.45, 7) is 6.20. The molecule has 6 nitrogen and oxygen atoms in total. The first kappa shape index (κ1) is 25.0. The Morgan fingerprint density at radius 1 is 1.30 bits per heavy atom. The Bertz CT molecular complexity index is 1020. The number of alkyl halides is 3. The Kier molecular flexibility index (Phi) is 7.07. The summed E-state index contributed by atoms with van der Waals surface area (Å²) in [4.78, 5) is 21.6. The number of rotatable bonds is 6. The van der Waals surface area contributed by atoms with E-state index in [1.54, 1.807) is 4.90 Å². The zero-order valence-corrected chi connectivity index (χ0v) is 19.3. The van der Waals surface area contributed by atoms with Crippen LogP contribution in [0.5, 0.6) is 0 Å². The van der Waals surface area contributed by atoms with E-state index in [2.05, 4.69) is 15.3 Å². The molecule has 1 aliphatic rings. The summed E-state index contributed by atoms with van der Waals surface area (Å²) >= 11 is 6.19. The summed E-state index contributed by atoms with van der Waals surface area (Å²) in [5.41, 5.74) is 4.84. The van der Waals surface area contributed by atoms with E-state index in [4.69, 9.17) is 17.3 Å². The van der Waals surface area contributed by atoms with Gasteiger partial charge in [0.2, 0.25) is 11.7 Å².